The Morgan fingerprint density at radius 3 is 2.97 bits per heavy atom. The number of nitrogens with one attached hydrogen (secondary N) is 2. The molecule has 1 aliphatic carbocycles. The van der Waals surface area contributed by atoms with Crippen LogP contribution in [0.4, 0.5) is 5.82 Å². The molecule has 0 bridgehead atoms. The van der Waals surface area contributed by atoms with Crippen LogP contribution in [0.1, 0.15) is 52.4 Å². The standard InChI is InChI=1S/C22H24N4O2S/c1-15-13-24-26(19-8-4-6-16-5-2-3-7-18(16)19)21(15)25-20(27)9-11-23-22(28)17-10-12-29-14-17/h2-3,5,7,10,12-14,19H,4,6,8-9,11H2,1H3,(H,23,28)(H,25,27). The van der Waals surface area contributed by atoms with Crippen molar-refractivity contribution in [1.82, 2.24) is 15.1 Å². The summed E-state index contributed by atoms with van der Waals surface area (Å²) in [6.07, 6.45) is 5.19. The Morgan fingerprint density at radius 1 is 1.28 bits per heavy atom. The first kappa shape index (κ1) is 19.4. The van der Waals surface area contributed by atoms with E-state index in [-0.39, 0.29) is 24.3 Å². The molecule has 1 atom stereocenters. The quantitative estimate of drug-likeness (QED) is 0.649. The molecule has 2 N–H and O–H groups in total. The van der Waals surface area contributed by atoms with Crippen LogP contribution < -0.4 is 10.6 Å². The fourth-order valence-corrected chi connectivity index (χ4v) is 4.44. The fourth-order valence-electron chi connectivity index (χ4n) is 3.80. The average molecular weight is 409 g/mol. The Bertz CT molecular complexity index is 1010. The zero-order valence-electron chi connectivity index (χ0n) is 16.4. The van der Waals surface area contributed by atoms with Crippen molar-refractivity contribution in [1.29, 1.82) is 0 Å². The number of aromatic nitrogens is 2. The van der Waals surface area contributed by atoms with E-state index in [0.29, 0.717) is 12.1 Å². The Labute approximate surface area is 173 Å². The molecule has 0 spiro atoms. The number of nitrogens with zero attached hydrogens (tertiary/aromatic N) is 2. The largest absolute Gasteiger partial charge is 0.351 e. The molecule has 1 aromatic carbocycles. The van der Waals surface area contributed by atoms with Crippen molar-refractivity contribution in [2.24, 2.45) is 0 Å². The van der Waals surface area contributed by atoms with Gasteiger partial charge in [-0.3, -0.25) is 9.59 Å². The van der Waals surface area contributed by atoms with E-state index in [1.807, 2.05) is 17.0 Å². The third-order valence-corrected chi connectivity index (χ3v) is 5.97. The highest BCUT2D eigenvalue weighted by atomic mass is 32.1. The van der Waals surface area contributed by atoms with Crippen LogP contribution in [0.25, 0.3) is 0 Å². The molecule has 29 heavy (non-hydrogen) atoms. The number of aryl methyl sites for hydroxylation is 2. The fraction of sp³-hybridized carbons (Fsp3) is 0.318. The van der Waals surface area contributed by atoms with Crippen molar-refractivity contribution in [3.05, 3.63) is 69.5 Å². The van der Waals surface area contributed by atoms with Crippen LogP contribution in [0, 0.1) is 6.92 Å². The molecule has 7 heteroatoms. The summed E-state index contributed by atoms with van der Waals surface area (Å²) in [5, 5.41) is 14.0. The van der Waals surface area contributed by atoms with Crippen molar-refractivity contribution < 1.29 is 9.59 Å². The maximum Gasteiger partial charge on any atom is 0.252 e. The van der Waals surface area contributed by atoms with E-state index in [9.17, 15) is 9.59 Å². The molecule has 2 aromatic heterocycles. The second-order valence-corrected chi connectivity index (χ2v) is 8.07. The lowest BCUT2D eigenvalue weighted by Gasteiger charge is -2.27. The predicted molar refractivity (Wildman–Crippen MR) is 114 cm³/mol. The molecule has 0 saturated carbocycles. The summed E-state index contributed by atoms with van der Waals surface area (Å²) < 4.78 is 1.94. The maximum atomic E-state index is 12.5. The number of thiophene rings is 1. The molecule has 1 aliphatic rings. The molecule has 4 rings (SSSR count). The molecule has 150 valence electrons. The molecule has 0 fully saturated rings. The van der Waals surface area contributed by atoms with Gasteiger partial charge in [0.1, 0.15) is 5.82 Å². The van der Waals surface area contributed by atoms with Crippen molar-refractivity contribution in [3.8, 4) is 0 Å². The van der Waals surface area contributed by atoms with Crippen molar-refractivity contribution in [2.75, 3.05) is 11.9 Å². The number of carbonyl (C=O) groups excluding carboxylic acids is 2. The number of fused-ring (bicyclic) bond motifs is 1. The van der Waals surface area contributed by atoms with E-state index < -0.39 is 0 Å². The average Bonchev–Trinajstić information content (AvgIpc) is 3.39. The van der Waals surface area contributed by atoms with Gasteiger partial charge in [0.25, 0.3) is 5.91 Å². The van der Waals surface area contributed by atoms with E-state index >= 15 is 0 Å². The summed E-state index contributed by atoms with van der Waals surface area (Å²) in [7, 11) is 0. The Kier molecular flexibility index (Phi) is 5.76. The lowest BCUT2D eigenvalue weighted by atomic mass is 9.88. The van der Waals surface area contributed by atoms with Crippen molar-refractivity contribution in [2.45, 2.75) is 38.6 Å². The zero-order valence-corrected chi connectivity index (χ0v) is 17.2. The molecule has 6 nitrogen and oxygen atoms in total. The van der Waals surface area contributed by atoms with Gasteiger partial charge in [-0.25, -0.2) is 4.68 Å². The van der Waals surface area contributed by atoms with Crippen LogP contribution in [-0.2, 0) is 11.2 Å². The molecule has 0 saturated heterocycles. The first-order chi connectivity index (χ1) is 14.1. The molecule has 1 unspecified atom stereocenters. The van der Waals surface area contributed by atoms with Crippen molar-refractivity contribution >= 4 is 29.0 Å². The number of anilines is 1. The SMILES string of the molecule is Cc1cnn(C2CCCc3ccccc32)c1NC(=O)CCNC(=O)c1ccsc1. The highest BCUT2D eigenvalue weighted by Gasteiger charge is 2.25. The molecule has 2 amide bonds. The lowest BCUT2D eigenvalue weighted by Crippen LogP contribution is -2.28. The van der Waals surface area contributed by atoms with Crippen LogP contribution >= 0.6 is 11.3 Å². The normalized spacial score (nSPS) is 15.6. The van der Waals surface area contributed by atoms with Crippen LogP contribution in [0.5, 0.6) is 0 Å². The third-order valence-electron chi connectivity index (χ3n) is 5.29. The van der Waals surface area contributed by atoms with Gasteiger partial charge in [0.05, 0.1) is 12.2 Å². The lowest BCUT2D eigenvalue weighted by molar-refractivity contribution is -0.116. The highest BCUT2D eigenvalue weighted by Crippen LogP contribution is 2.35. The Balaban J connectivity index is 1.42. The minimum atomic E-state index is -0.154. The van der Waals surface area contributed by atoms with Crippen LogP contribution in [-0.4, -0.2) is 28.1 Å². The van der Waals surface area contributed by atoms with E-state index in [4.69, 9.17) is 0 Å². The maximum absolute atomic E-state index is 12.5. The zero-order chi connectivity index (χ0) is 20.2. The third kappa shape index (κ3) is 4.24. The summed E-state index contributed by atoms with van der Waals surface area (Å²) in [5.41, 5.74) is 4.19. The monoisotopic (exact) mass is 408 g/mol. The first-order valence-electron chi connectivity index (χ1n) is 9.85. The number of hydrogen-bond acceptors (Lipinski definition) is 4. The smallest absolute Gasteiger partial charge is 0.252 e. The van der Waals surface area contributed by atoms with Gasteiger partial charge in [0.15, 0.2) is 0 Å². The van der Waals surface area contributed by atoms with Gasteiger partial charge >= 0.3 is 0 Å². The number of benzene rings is 1. The van der Waals surface area contributed by atoms with Gasteiger partial charge in [-0.15, -0.1) is 0 Å². The van der Waals surface area contributed by atoms with E-state index in [1.165, 1.54) is 22.5 Å². The second kappa shape index (κ2) is 8.61. The van der Waals surface area contributed by atoms with Crippen LogP contribution in [0.2, 0.25) is 0 Å². The van der Waals surface area contributed by atoms with Gasteiger partial charge in [0.2, 0.25) is 5.91 Å². The minimum Gasteiger partial charge on any atom is -0.351 e. The van der Waals surface area contributed by atoms with Crippen LogP contribution in [0.15, 0.2) is 47.3 Å². The second-order valence-electron chi connectivity index (χ2n) is 7.29. The summed E-state index contributed by atoms with van der Waals surface area (Å²) in [6.45, 7) is 2.24. The van der Waals surface area contributed by atoms with E-state index in [1.54, 1.807) is 17.6 Å². The van der Waals surface area contributed by atoms with Gasteiger partial charge in [-0.05, 0) is 48.8 Å². The number of rotatable bonds is 6. The molecule has 0 radical (unpaired) electrons. The predicted octanol–water partition coefficient (Wildman–Crippen LogP) is 3.94. The molecule has 3 aromatic rings. The molecule has 0 aliphatic heterocycles. The molecular formula is C22H24N4O2S. The Hall–Kier alpha value is -2.93. The summed E-state index contributed by atoms with van der Waals surface area (Å²) in [5.74, 6) is 0.449. The van der Waals surface area contributed by atoms with E-state index in [0.717, 1.165) is 30.6 Å². The summed E-state index contributed by atoms with van der Waals surface area (Å²) in [6, 6.07) is 10.4. The summed E-state index contributed by atoms with van der Waals surface area (Å²) >= 11 is 1.47. The Morgan fingerprint density at radius 2 is 2.14 bits per heavy atom. The van der Waals surface area contributed by atoms with Gasteiger partial charge in [-0.2, -0.15) is 16.4 Å². The summed E-state index contributed by atoms with van der Waals surface area (Å²) in [4.78, 5) is 24.5. The number of carbonyl (C=O) groups is 2. The van der Waals surface area contributed by atoms with Crippen molar-refractivity contribution in [3.63, 3.8) is 0 Å². The minimum absolute atomic E-state index is 0.127. The first-order valence-corrected chi connectivity index (χ1v) is 10.8. The van der Waals surface area contributed by atoms with Gasteiger partial charge < -0.3 is 10.6 Å². The number of hydrogen-bond donors (Lipinski definition) is 2. The molecular weight excluding hydrogens is 384 g/mol. The van der Waals surface area contributed by atoms with Crippen LogP contribution in [0.3, 0.4) is 0 Å². The van der Waals surface area contributed by atoms with Gasteiger partial charge in [0, 0.05) is 29.5 Å². The molecule has 2 heterocycles. The van der Waals surface area contributed by atoms with Gasteiger partial charge in [-0.1, -0.05) is 24.3 Å². The van der Waals surface area contributed by atoms with E-state index in [2.05, 4.69) is 40.0 Å². The number of amides is 2. The topological polar surface area (TPSA) is 76.0 Å². The highest BCUT2D eigenvalue weighted by molar-refractivity contribution is 7.08.